The van der Waals surface area contributed by atoms with Crippen LogP contribution in [0.4, 0.5) is 8.78 Å². The van der Waals surface area contributed by atoms with Gasteiger partial charge in [0.2, 0.25) is 0 Å². The summed E-state index contributed by atoms with van der Waals surface area (Å²) in [5, 5.41) is 2.35. The summed E-state index contributed by atoms with van der Waals surface area (Å²) in [6.45, 7) is 0.180. The number of rotatable bonds is 4. The molecule has 0 unspecified atom stereocenters. The first-order valence-electron chi connectivity index (χ1n) is 4.60. The Morgan fingerprint density at radius 3 is 2.50 bits per heavy atom. The second-order valence-electron chi connectivity index (χ2n) is 2.93. The van der Waals surface area contributed by atoms with Gasteiger partial charge in [-0.2, -0.15) is 0 Å². The summed E-state index contributed by atoms with van der Waals surface area (Å²) in [4.78, 5) is 11.4. The average molecular weight is 246 g/mol. The summed E-state index contributed by atoms with van der Waals surface area (Å²) >= 11 is 5.36. The molecule has 0 saturated carbocycles. The summed E-state index contributed by atoms with van der Waals surface area (Å²) in [7, 11) is 0. The maximum atomic E-state index is 13.1. The molecule has 16 heavy (non-hydrogen) atoms. The summed E-state index contributed by atoms with van der Waals surface area (Å²) < 4.78 is 26.3. The van der Waals surface area contributed by atoms with Crippen LogP contribution >= 0.6 is 11.6 Å². The zero-order valence-electron chi connectivity index (χ0n) is 8.34. The van der Waals surface area contributed by atoms with Crippen molar-refractivity contribution in [1.29, 1.82) is 0 Å². The highest BCUT2D eigenvalue weighted by atomic mass is 35.5. The van der Waals surface area contributed by atoms with Gasteiger partial charge in [0, 0.05) is 12.4 Å². The minimum Gasteiger partial charge on any atom is -0.348 e. The number of carbonyl (C=O) groups excluding carboxylic acids is 1. The molecule has 0 bridgehead atoms. The Labute approximate surface area is 96.9 Å². The lowest BCUT2D eigenvalue weighted by molar-refractivity contribution is 0.0949. The van der Waals surface area contributed by atoms with Crippen LogP contribution in [0.1, 0.15) is 10.4 Å². The van der Waals surface area contributed by atoms with E-state index in [1.807, 2.05) is 0 Å². The molecule has 0 heterocycles. The van der Waals surface area contributed by atoms with E-state index in [0.717, 1.165) is 12.1 Å². The van der Waals surface area contributed by atoms with Gasteiger partial charge in [-0.1, -0.05) is 18.2 Å². The molecule has 0 aliphatic heterocycles. The standard InChI is InChI=1S/C11H10ClF2NO/c12-6-1-2-7-15-11(16)10-8(13)4-3-5-9(10)14/h1-5H,6-7H2,(H,15,16)/b2-1+. The van der Waals surface area contributed by atoms with Crippen molar-refractivity contribution in [2.24, 2.45) is 0 Å². The van der Waals surface area contributed by atoms with E-state index in [1.54, 1.807) is 12.2 Å². The number of amides is 1. The van der Waals surface area contributed by atoms with Gasteiger partial charge in [-0.3, -0.25) is 4.79 Å². The summed E-state index contributed by atoms with van der Waals surface area (Å²) in [5.41, 5.74) is -0.568. The largest absolute Gasteiger partial charge is 0.348 e. The SMILES string of the molecule is O=C(NC/C=C/CCl)c1c(F)cccc1F. The molecule has 1 N–H and O–H groups in total. The van der Waals surface area contributed by atoms with Crippen LogP contribution in [0.2, 0.25) is 0 Å². The molecule has 0 aliphatic carbocycles. The molecule has 0 aliphatic rings. The van der Waals surface area contributed by atoms with Crippen LogP contribution in [0.15, 0.2) is 30.4 Å². The molecule has 1 aromatic rings. The van der Waals surface area contributed by atoms with Crippen LogP contribution in [0.5, 0.6) is 0 Å². The van der Waals surface area contributed by atoms with Crippen LogP contribution < -0.4 is 5.32 Å². The van der Waals surface area contributed by atoms with Crippen LogP contribution in [0.3, 0.4) is 0 Å². The van der Waals surface area contributed by atoms with Gasteiger partial charge < -0.3 is 5.32 Å². The maximum absolute atomic E-state index is 13.1. The third-order valence-electron chi connectivity index (χ3n) is 1.83. The highest BCUT2D eigenvalue weighted by Gasteiger charge is 2.15. The van der Waals surface area contributed by atoms with Crippen molar-refractivity contribution in [3.63, 3.8) is 0 Å². The number of hydrogen-bond acceptors (Lipinski definition) is 1. The third kappa shape index (κ3) is 3.31. The first-order chi connectivity index (χ1) is 7.66. The summed E-state index contributed by atoms with van der Waals surface area (Å²) in [6.07, 6.45) is 3.23. The number of alkyl halides is 1. The van der Waals surface area contributed by atoms with Gasteiger partial charge in [0.1, 0.15) is 17.2 Å². The van der Waals surface area contributed by atoms with E-state index in [0.29, 0.717) is 5.88 Å². The van der Waals surface area contributed by atoms with E-state index < -0.39 is 23.1 Å². The van der Waals surface area contributed by atoms with Crippen LogP contribution in [0, 0.1) is 11.6 Å². The fourth-order valence-electron chi connectivity index (χ4n) is 1.10. The Hall–Kier alpha value is -1.42. The number of carbonyl (C=O) groups is 1. The van der Waals surface area contributed by atoms with Gasteiger partial charge in [-0.25, -0.2) is 8.78 Å². The molecule has 1 aromatic carbocycles. The number of benzene rings is 1. The fraction of sp³-hybridized carbons (Fsp3) is 0.182. The topological polar surface area (TPSA) is 29.1 Å². The smallest absolute Gasteiger partial charge is 0.257 e. The minimum absolute atomic E-state index is 0.180. The van der Waals surface area contributed by atoms with Gasteiger partial charge in [0.25, 0.3) is 5.91 Å². The summed E-state index contributed by atoms with van der Waals surface area (Å²) in [5.74, 6) is -2.21. The van der Waals surface area contributed by atoms with Crippen molar-refractivity contribution >= 4 is 17.5 Å². The van der Waals surface area contributed by atoms with Crippen molar-refractivity contribution in [3.8, 4) is 0 Å². The van der Waals surface area contributed by atoms with Gasteiger partial charge in [0.05, 0.1) is 0 Å². The number of nitrogens with one attached hydrogen (secondary N) is 1. The van der Waals surface area contributed by atoms with Gasteiger partial charge >= 0.3 is 0 Å². The molecule has 5 heteroatoms. The quantitative estimate of drug-likeness (QED) is 0.641. The summed E-state index contributed by atoms with van der Waals surface area (Å²) in [6, 6.07) is 3.27. The van der Waals surface area contributed by atoms with Crippen molar-refractivity contribution in [2.45, 2.75) is 0 Å². The predicted molar refractivity (Wildman–Crippen MR) is 58.6 cm³/mol. The number of hydrogen-bond donors (Lipinski definition) is 1. The van der Waals surface area contributed by atoms with E-state index in [-0.39, 0.29) is 6.54 Å². The molecule has 1 rings (SSSR count). The molecule has 0 saturated heterocycles. The molecule has 0 radical (unpaired) electrons. The Kier molecular flexibility index (Phi) is 4.92. The first-order valence-corrected chi connectivity index (χ1v) is 5.13. The zero-order chi connectivity index (χ0) is 12.0. The molecule has 0 atom stereocenters. The number of allylic oxidation sites excluding steroid dienone is 1. The van der Waals surface area contributed by atoms with Crippen LogP contribution in [-0.4, -0.2) is 18.3 Å². The normalized spacial score (nSPS) is 10.7. The third-order valence-corrected chi connectivity index (χ3v) is 2.00. The molecular weight excluding hydrogens is 236 g/mol. The maximum Gasteiger partial charge on any atom is 0.257 e. The lowest BCUT2D eigenvalue weighted by Crippen LogP contribution is -2.25. The zero-order valence-corrected chi connectivity index (χ0v) is 9.10. The van der Waals surface area contributed by atoms with Crippen molar-refractivity contribution in [1.82, 2.24) is 5.32 Å². The highest BCUT2D eigenvalue weighted by molar-refractivity contribution is 6.18. The monoisotopic (exact) mass is 245 g/mol. The van der Waals surface area contributed by atoms with E-state index in [1.165, 1.54) is 6.07 Å². The van der Waals surface area contributed by atoms with Crippen molar-refractivity contribution in [2.75, 3.05) is 12.4 Å². The van der Waals surface area contributed by atoms with Crippen LogP contribution in [-0.2, 0) is 0 Å². The van der Waals surface area contributed by atoms with Crippen LogP contribution in [0.25, 0.3) is 0 Å². The van der Waals surface area contributed by atoms with E-state index >= 15 is 0 Å². The molecule has 86 valence electrons. The molecule has 2 nitrogen and oxygen atoms in total. The Morgan fingerprint density at radius 1 is 1.31 bits per heavy atom. The predicted octanol–water partition coefficient (Wildman–Crippen LogP) is 2.49. The molecule has 0 aromatic heterocycles. The lowest BCUT2D eigenvalue weighted by atomic mass is 10.2. The van der Waals surface area contributed by atoms with Gasteiger partial charge in [-0.15, -0.1) is 11.6 Å². The van der Waals surface area contributed by atoms with E-state index in [2.05, 4.69) is 5.32 Å². The lowest BCUT2D eigenvalue weighted by Gasteiger charge is -2.04. The second-order valence-corrected chi connectivity index (χ2v) is 3.24. The molecule has 0 fully saturated rings. The van der Waals surface area contributed by atoms with E-state index in [4.69, 9.17) is 11.6 Å². The van der Waals surface area contributed by atoms with E-state index in [9.17, 15) is 13.6 Å². The fourth-order valence-corrected chi connectivity index (χ4v) is 1.23. The Bertz CT molecular complexity index is 387. The van der Waals surface area contributed by atoms with Gasteiger partial charge in [0.15, 0.2) is 0 Å². The van der Waals surface area contributed by atoms with Crippen molar-refractivity contribution in [3.05, 3.63) is 47.5 Å². The average Bonchev–Trinajstić information content (AvgIpc) is 2.24. The minimum atomic E-state index is -0.876. The van der Waals surface area contributed by atoms with Crippen molar-refractivity contribution < 1.29 is 13.6 Å². The molecular formula is C11H10ClF2NO. The molecule has 1 amide bonds. The second kappa shape index (κ2) is 6.23. The Morgan fingerprint density at radius 2 is 1.94 bits per heavy atom. The van der Waals surface area contributed by atoms with Gasteiger partial charge in [-0.05, 0) is 12.1 Å². The Balaban J connectivity index is 2.70. The molecule has 0 spiro atoms. The highest BCUT2D eigenvalue weighted by Crippen LogP contribution is 2.11. The number of halogens is 3. The first kappa shape index (κ1) is 12.6.